The molecule has 1 aliphatic rings. The van der Waals surface area contributed by atoms with E-state index in [1.807, 2.05) is 24.3 Å². The molecule has 0 saturated heterocycles. The van der Waals surface area contributed by atoms with E-state index in [1.165, 1.54) is 16.7 Å². The summed E-state index contributed by atoms with van der Waals surface area (Å²) >= 11 is 0. The first-order chi connectivity index (χ1) is 11.8. The Labute approximate surface area is 142 Å². The summed E-state index contributed by atoms with van der Waals surface area (Å²) in [6, 6.07) is 27.2. The summed E-state index contributed by atoms with van der Waals surface area (Å²) in [5.74, 6) is 2.16. The molecular formula is C22H20O2. The average Bonchev–Trinajstić information content (AvgIpc) is 2.68. The van der Waals surface area contributed by atoms with Gasteiger partial charge < -0.3 is 9.47 Å². The molecule has 0 N–H and O–H groups in total. The third kappa shape index (κ3) is 2.76. The van der Waals surface area contributed by atoms with Crippen LogP contribution < -0.4 is 9.47 Å². The van der Waals surface area contributed by atoms with Gasteiger partial charge in [0.1, 0.15) is 17.6 Å². The van der Waals surface area contributed by atoms with Crippen molar-refractivity contribution in [1.82, 2.24) is 0 Å². The smallest absolute Gasteiger partial charge is 0.131 e. The molecule has 24 heavy (non-hydrogen) atoms. The van der Waals surface area contributed by atoms with Crippen molar-refractivity contribution in [3.05, 3.63) is 95.6 Å². The van der Waals surface area contributed by atoms with Crippen molar-refractivity contribution in [3.8, 4) is 11.5 Å². The van der Waals surface area contributed by atoms with Crippen LogP contribution in [0.4, 0.5) is 0 Å². The summed E-state index contributed by atoms with van der Waals surface area (Å²) in [6.07, 6.45) is 0.997. The maximum atomic E-state index is 6.41. The minimum atomic E-state index is 0.0227. The highest BCUT2D eigenvalue weighted by Gasteiger charge is 2.32. The van der Waals surface area contributed by atoms with E-state index >= 15 is 0 Å². The predicted octanol–water partition coefficient (Wildman–Crippen LogP) is 5.16. The second kappa shape index (κ2) is 6.40. The Morgan fingerprint density at radius 2 is 1.50 bits per heavy atom. The number of benzene rings is 3. The lowest BCUT2D eigenvalue weighted by Gasteiger charge is -2.34. The molecule has 3 aromatic carbocycles. The van der Waals surface area contributed by atoms with Gasteiger partial charge in [-0.3, -0.25) is 0 Å². The van der Waals surface area contributed by atoms with E-state index in [9.17, 15) is 0 Å². The van der Waals surface area contributed by atoms with Gasteiger partial charge in [-0.05, 0) is 41.3 Å². The Morgan fingerprint density at radius 3 is 2.25 bits per heavy atom. The summed E-state index contributed by atoms with van der Waals surface area (Å²) in [4.78, 5) is 0. The summed E-state index contributed by atoms with van der Waals surface area (Å²) in [7, 11) is 1.70. The molecule has 0 aliphatic carbocycles. The fourth-order valence-corrected chi connectivity index (χ4v) is 3.44. The van der Waals surface area contributed by atoms with Crippen molar-refractivity contribution in [2.75, 3.05) is 7.11 Å². The summed E-state index contributed by atoms with van der Waals surface area (Å²) in [5, 5.41) is 0. The van der Waals surface area contributed by atoms with Crippen LogP contribution in [0.1, 0.15) is 28.7 Å². The van der Waals surface area contributed by atoms with Crippen LogP contribution in [-0.2, 0) is 6.42 Å². The van der Waals surface area contributed by atoms with Crippen LogP contribution >= 0.6 is 0 Å². The van der Waals surface area contributed by atoms with Crippen molar-refractivity contribution < 1.29 is 9.47 Å². The average molecular weight is 316 g/mol. The zero-order valence-corrected chi connectivity index (χ0v) is 13.7. The molecule has 4 rings (SSSR count). The third-order valence-corrected chi connectivity index (χ3v) is 4.70. The van der Waals surface area contributed by atoms with Gasteiger partial charge in [-0.1, -0.05) is 60.7 Å². The van der Waals surface area contributed by atoms with Crippen LogP contribution in [0, 0.1) is 0 Å². The number of hydrogen-bond donors (Lipinski definition) is 0. The van der Waals surface area contributed by atoms with E-state index in [0.717, 1.165) is 17.9 Å². The fourth-order valence-electron chi connectivity index (χ4n) is 3.44. The number of ether oxygens (including phenoxy) is 2. The fraction of sp³-hybridized carbons (Fsp3) is 0.182. The Morgan fingerprint density at radius 1 is 0.792 bits per heavy atom. The van der Waals surface area contributed by atoms with Gasteiger partial charge >= 0.3 is 0 Å². The van der Waals surface area contributed by atoms with Gasteiger partial charge in [-0.25, -0.2) is 0 Å². The van der Waals surface area contributed by atoms with Crippen LogP contribution in [0.3, 0.4) is 0 Å². The minimum Gasteiger partial charge on any atom is -0.497 e. The second-order valence-electron chi connectivity index (χ2n) is 6.14. The summed E-state index contributed by atoms with van der Waals surface area (Å²) in [6.45, 7) is 0. The number of para-hydroxylation sites is 1. The van der Waals surface area contributed by atoms with Crippen LogP contribution in [0.2, 0.25) is 0 Å². The van der Waals surface area contributed by atoms with Crippen molar-refractivity contribution in [3.63, 3.8) is 0 Å². The van der Waals surface area contributed by atoms with Gasteiger partial charge in [0.15, 0.2) is 0 Å². The summed E-state index contributed by atoms with van der Waals surface area (Å²) < 4.78 is 11.7. The van der Waals surface area contributed by atoms with Crippen LogP contribution in [0.15, 0.2) is 78.9 Å². The molecule has 3 aromatic rings. The topological polar surface area (TPSA) is 18.5 Å². The molecule has 2 heteroatoms. The lowest BCUT2D eigenvalue weighted by molar-refractivity contribution is 0.151. The van der Waals surface area contributed by atoms with E-state index in [4.69, 9.17) is 9.47 Å². The highest BCUT2D eigenvalue weighted by Crippen LogP contribution is 2.43. The molecule has 0 unspecified atom stereocenters. The normalized spacial score (nSPS) is 19.2. The predicted molar refractivity (Wildman–Crippen MR) is 95.7 cm³/mol. The molecule has 2 atom stereocenters. The molecule has 0 radical (unpaired) electrons. The molecule has 0 saturated carbocycles. The number of hydrogen-bond acceptors (Lipinski definition) is 2. The Kier molecular flexibility index (Phi) is 3.96. The van der Waals surface area contributed by atoms with Gasteiger partial charge in [0.25, 0.3) is 0 Å². The van der Waals surface area contributed by atoms with Crippen LogP contribution in [-0.4, -0.2) is 7.11 Å². The number of rotatable bonds is 3. The molecule has 0 bridgehead atoms. The first kappa shape index (κ1) is 14.8. The monoisotopic (exact) mass is 316 g/mol. The first-order valence-electron chi connectivity index (χ1n) is 8.28. The molecule has 0 spiro atoms. The van der Waals surface area contributed by atoms with E-state index in [2.05, 4.69) is 54.6 Å². The van der Waals surface area contributed by atoms with E-state index in [-0.39, 0.29) is 12.0 Å². The van der Waals surface area contributed by atoms with Gasteiger partial charge in [0.2, 0.25) is 0 Å². The van der Waals surface area contributed by atoms with E-state index in [0.29, 0.717) is 0 Å². The highest BCUT2D eigenvalue weighted by molar-refractivity contribution is 5.42. The SMILES string of the molecule is COc1ccc([C@H]2Cc3ccccc3O[C@@H]2c2ccccc2)cc1. The molecule has 1 heterocycles. The molecule has 0 aromatic heterocycles. The van der Waals surface area contributed by atoms with Crippen molar-refractivity contribution in [1.29, 1.82) is 0 Å². The highest BCUT2D eigenvalue weighted by atomic mass is 16.5. The first-order valence-corrected chi connectivity index (χ1v) is 8.28. The van der Waals surface area contributed by atoms with Crippen LogP contribution in [0.25, 0.3) is 0 Å². The quantitative estimate of drug-likeness (QED) is 0.665. The largest absolute Gasteiger partial charge is 0.497 e. The van der Waals surface area contributed by atoms with Crippen molar-refractivity contribution >= 4 is 0 Å². The standard InChI is InChI=1S/C22H20O2/c1-23-19-13-11-16(12-14-19)20-15-18-9-5-6-10-21(18)24-22(20)17-7-3-2-4-8-17/h2-14,20,22H,15H2,1H3/t20-,22-/m1/s1. The molecule has 0 amide bonds. The van der Waals surface area contributed by atoms with Crippen molar-refractivity contribution in [2.24, 2.45) is 0 Å². The molecule has 1 aliphatic heterocycles. The maximum absolute atomic E-state index is 6.41. The summed E-state index contributed by atoms with van der Waals surface area (Å²) in [5.41, 5.74) is 3.76. The van der Waals surface area contributed by atoms with Gasteiger partial charge in [-0.15, -0.1) is 0 Å². The molecule has 120 valence electrons. The Bertz CT molecular complexity index is 809. The van der Waals surface area contributed by atoms with E-state index < -0.39 is 0 Å². The molecule has 0 fully saturated rings. The molecule has 2 nitrogen and oxygen atoms in total. The zero-order chi connectivity index (χ0) is 16.4. The zero-order valence-electron chi connectivity index (χ0n) is 13.7. The number of methoxy groups -OCH3 is 1. The van der Waals surface area contributed by atoms with E-state index in [1.54, 1.807) is 7.11 Å². The van der Waals surface area contributed by atoms with Crippen molar-refractivity contribution in [2.45, 2.75) is 18.4 Å². The number of fused-ring (bicyclic) bond motifs is 1. The Balaban J connectivity index is 1.75. The molecular weight excluding hydrogens is 296 g/mol. The maximum Gasteiger partial charge on any atom is 0.131 e. The minimum absolute atomic E-state index is 0.0227. The Hall–Kier alpha value is -2.74. The lowest BCUT2D eigenvalue weighted by Crippen LogP contribution is -2.24. The van der Waals surface area contributed by atoms with Gasteiger partial charge in [0.05, 0.1) is 7.11 Å². The van der Waals surface area contributed by atoms with Gasteiger partial charge in [-0.2, -0.15) is 0 Å². The second-order valence-corrected chi connectivity index (χ2v) is 6.14. The third-order valence-electron chi connectivity index (χ3n) is 4.70. The van der Waals surface area contributed by atoms with Crippen LogP contribution in [0.5, 0.6) is 11.5 Å². The van der Waals surface area contributed by atoms with Gasteiger partial charge in [0, 0.05) is 5.92 Å². The lowest BCUT2D eigenvalue weighted by atomic mass is 9.82.